The molecule has 11 nitrogen and oxygen atoms in total. The number of rotatable bonds is 5. The molecule has 0 bridgehead atoms. The molecule has 4 aromatic rings. The van der Waals surface area contributed by atoms with E-state index in [1.165, 1.54) is 11.8 Å². The summed E-state index contributed by atoms with van der Waals surface area (Å²) in [6.07, 6.45) is 0. The van der Waals surface area contributed by atoms with E-state index in [4.69, 9.17) is 0 Å². The molecule has 170 valence electrons. The number of hydrogen-bond donors (Lipinski definition) is 4. The van der Waals surface area contributed by atoms with Crippen LogP contribution in [0.2, 0.25) is 0 Å². The first-order chi connectivity index (χ1) is 15.9. The van der Waals surface area contributed by atoms with Crippen LogP contribution in [0.4, 0.5) is 11.6 Å². The minimum atomic E-state index is -0.168. The summed E-state index contributed by atoms with van der Waals surface area (Å²) in [6.45, 7) is 4.86. The van der Waals surface area contributed by atoms with Gasteiger partial charge in [0.25, 0.3) is 11.5 Å². The Hall–Kier alpha value is -3.64. The molecule has 0 unspecified atom stereocenters. The number of carbonyl (C=O) groups excluding carboxylic acids is 1. The highest BCUT2D eigenvalue weighted by atomic mass is 32.2. The second-order valence-electron chi connectivity index (χ2n) is 7.97. The Morgan fingerprint density at radius 1 is 1.06 bits per heavy atom. The molecule has 1 aromatic carbocycles. The summed E-state index contributed by atoms with van der Waals surface area (Å²) in [5, 5.41) is 16.7. The third-order valence-corrected chi connectivity index (χ3v) is 6.29. The highest BCUT2D eigenvalue weighted by Gasteiger charge is 2.23. The van der Waals surface area contributed by atoms with Crippen LogP contribution < -0.4 is 10.9 Å². The van der Waals surface area contributed by atoms with E-state index in [0.717, 1.165) is 23.7 Å². The summed E-state index contributed by atoms with van der Waals surface area (Å²) >= 11 is 1.31. The number of aromatic nitrogens is 6. The van der Waals surface area contributed by atoms with Gasteiger partial charge in [0.05, 0.1) is 10.9 Å². The Bertz CT molecular complexity index is 1370. The molecule has 0 spiro atoms. The molecule has 3 aromatic heterocycles. The maximum atomic E-state index is 13.2. The summed E-state index contributed by atoms with van der Waals surface area (Å²) in [5.41, 5.74) is 1.75. The molecule has 4 N–H and O–H groups in total. The van der Waals surface area contributed by atoms with Crippen molar-refractivity contribution in [3.05, 3.63) is 52.1 Å². The number of aromatic amines is 3. The number of benzene rings is 1. The summed E-state index contributed by atoms with van der Waals surface area (Å²) in [6, 6.07) is 8.94. The highest BCUT2D eigenvalue weighted by molar-refractivity contribution is 7.99. The number of fused-ring (bicyclic) bond motifs is 1. The monoisotopic (exact) mass is 465 g/mol. The van der Waals surface area contributed by atoms with Gasteiger partial charge in [0.15, 0.2) is 11.0 Å². The lowest BCUT2D eigenvalue weighted by molar-refractivity contribution is 0.0657. The van der Waals surface area contributed by atoms with E-state index >= 15 is 0 Å². The smallest absolute Gasteiger partial charge is 0.272 e. The van der Waals surface area contributed by atoms with Crippen molar-refractivity contribution < 1.29 is 4.79 Å². The van der Waals surface area contributed by atoms with Crippen molar-refractivity contribution in [2.24, 2.45) is 0 Å². The van der Waals surface area contributed by atoms with Crippen LogP contribution in [-0.2, 0) is 0 Å². The number of hydrogen-bond acceptors (Lipinski definition) is 8. The zero-order valence-electron chi connectivity index (χ0n) is 18.2. The molecule has 0 atom stereocenters. The van der Waals surface area contributed by atoms with Crippen molar-refractivity contribution in [2.75, 3.05) is 38.5 Å². The Morgan fingerprint density at radius 2 is 1.88 bits per heavy atom. The van der Waals surface area contributed by atoms with Gasteiger partial charge in [-0.1, -0.05) is 0 Å². The predicted octanol–water partition coefficient (Wildman–Crippen LogP) is 1.96. The Labute approximate surface area is 193 Å². The van der Waals surface area contributed by atoms with Gasteiger partial charge in [0.1, 0.15) is 11.5 Å². The van der Waals surface area contributed by atoms with Crippen molar-refractivity contribution in [1.29, 1.82) is 0 Å². The molecular weight excluding hydrogens is 442 g/mol. The number of likely N-dealkylation sites (N-methyl/N-ethyl adjacent to an activating group) is 1. The van der Waals surface area contributed by atoms with Crippen molar-refractivity contribution in [1.82, 2.24) is 40.2 Å². The molecule has 0 radical (unpaired) electrons. The van der Waals surface area contributed by atoms with E-state index in [2.05, 4.69) is 40.6 Å². The molecule has 0 aliphatic carbocycles. The Morgan fingerprint density at radius 3 is 2.64 bits per heavy atom. The first kappa shape index (κ1) is 21.2. The van der Waals surface area contributed by atoms with Gasteiger partial charge in [0, 0.05) is 48.9 Å². The summed E-state index contributed by atoms with van der Waals surface area (Å²) in [4.78, 5) is 39.0. The fraction of sp³-hybridized carbons (Fsp3) is 0.286. The lowest BCUT2D eigenvalue weighted by Crippen LogP contribution is -2.47. The quantitative estimate of drug-likeness (QED) is 0.328. The van der Waals surface area contributed by atoms with Gasteiger partial charge in [-0.25, -0.2) is 9.97 Å². The average Bonchev–Trinajstić information content (AvgIpc) is 3.38. The topological polar surface area (TPSA) is 139 Å². The zero-order chi connectivity index (χ0) is 22.9. The maximum absolute atomic E-state index is 13.2. The summed E-state index contributed by atoms with van der Waals surface area (Å²) in [5.74, 6) is 0.957. The van der Waals surface area contributed by atoms with Crippen LogP contribution in [0.5, 0.6) is 0 Å². The molecule has 12 heteroatoms. The van der Waals surface area contributed by atoms with E-state index in [0.29, 0.717) is 46.5 Å². The van der Waals surface area contributed by atoms with Crippen LogP contribution >= 0.6 is 11.8 Å². The van der Waals surface area contributed by atoms with Crippen LogP contribution in [0.15, 0.2) is 45.2 Å². The van der Waals surface area contributed by atoms with E-state index < -0.39 is 0 Å². The molecule has 1 aliphatic heterocycles. The van der Waals surface area contributed by atoms with Crippen molar-refractivity contribution in [3.8, 4) is 0 Å². The van der Waals surface area contributed by atoms with Crippen LogP contribution in [0.1, 0.15) is 16.2 Å². The van der Waals surface area contributed by atoms with E-state index in [-0.39, 0.29) is 11.5 Å². The number of amides is 1. The number of anilines is 2. The number of H-pyrrole nitrogens is 3. The average molecular weight is 466 g/mol. The third kappa shape index (κ3) is 4.61. The summed E-state index contributed by atoms with van der Waals surface area (Å²) in [7, 11) is 2.05. The number of aryl methyl sites for hydroxylation is 1. The first-order valence-electron chi connectivity index (χ1n) is 10.5. The number of nitrogens with one attached hydrogen (secondary N) is 4. The minimum Gasteiger partial charge on any atom is -0.335 e. The normalized spacial score (nSPS) is 14.7. The lowest BCUT2D eigenvalue weighted by Gasteiger charge is -2.32. The van der Waals surface area contributed by atoms with Crippen molar-refractivity contribution in [2.45, 2.75) is 17.0 Å². The molecule has 1 aliphatic rings. The lowest BCUT2D eigenvalue weighted by atomic mass is 10.2. The van der Waals surface area contributed by atoms with Crippen molar-refractivity contribution >= 4 is 40.2 Å². The molecule has 4 heterocycles. The van der Waals surface area contributed by atoms with Gasteiger partial charge in [0.2, 0.25) is 0 Å². The van der Waals surface area contributed by atoms with Gasteiger partial charge in [-0.3, -0.25) is 24.9 Å². The molecule has 1 fully saturated rings. The number of piperazine rings is 1. The summed E-state index contributed by atoms with van der Waals surface area (Å²) < 4.78 is 0. The second-order valence-corrected chi connectivity index (χ2v) is 9.01. The maximum Gasteiger partial charge on any atom is 0.272 e. The van der Waals surface area contributed by atoms with Crippen molar-refractivity contribution in [3.63, 3.8) is 0 Å². The number of nitrogens with zero attached hydrogens (tertiary/aromatic N) is 5. The highest BCUT2D eigenvalue weighted by Crippen LogP contribution is 2.28. The van der Waals surface area contributed by atoms with Gasteiger partial charge >= 0.3 is 0 Å². The molecule has 0 saturated carbocycles. The van der Waals surface area contributed by atoms with E-state index in [1.54, 1.807) is 12.1 Å². The standard InChI is InChI=1S/C21H23N9O2S/c1-12-9-18(27-25-12)23-17-11-16(20(32)30-7-5-29(2)6-8-30)22-21(24-17)33-13-3-4-14-15(10-13)26-28-19(14)31/h3-4,9-11H,5-8H2,1-2H3,(H2,26,28,31)(H2,22,23,24,25,27). The predicted molar refractivity (Wildman–Crippen MR) is 125 cm³/mol. The van der Waals surface area contributed by atoms with Crippen LogP contribution in [0.3, 0.4) is 0 Å². The van der Waals surface area contributed by atoms with Gasteiger partial charge in [-0.2, -0.15) is 5.10 Å². The van der Waals surface area contributed by atoms with Crippen LogP contribution in [-0.4, -0.2) is 79.3 Å². The van der Waals surface area contributed by atoms with E-state index in [1.807, 2.05) is 37.1 Å². The molecular formula is C21H23N9O2S. The first-order valence-corrected chi connectivity index (χ1v) is 11.3. The largest absolute Gasteiger partial charge is 0.335 e. The second kappa shape index (κ2) is 8.71. The molecule has 1 saturated heterocycles. The van der Waals surface area contributed by atoms with Crippen LogP contribution in [0.25, 0.3) is 10.9 Å². The molecule has 1 amide bonds. The third-order valence-electron chi connectivity index (χ3n) is 5.43. The Kier molecular flexibility index (Phi) is 5.60. The fourth-order valence-electron chi connectivity index (χ4n) is 3.61. The SMILES string of the molecule is Cc1cc(Nc2cc(C(=O)N3CCN(C)CC3)nc(Sc3ccc4c(=O)[nH][nH]c4c3)n2)n[nH]1. The van der Waals surface area contributed by atoms with E-state index in [9.17, 15) is 9.59 Å². The molecule has 5 rings (SSSR count). The van der Waals surface area contributed by atoms with Gasteiger partial charge in [-0.15, -0.1) is 0 Å². The van der Waals surface area contributed by atoms with Gasteiger partial charge in [-0.05, 0) is 43.9 Å². The Balaban J connectivity index is 1.46. The number of carbonyl (C=O) groups is 1. The zero-order valence-corrected chi connectivity index (χ0v) is 19.0. The fourth-order valence-corrected chi connectivity index (χ4v) is 4.43. The van der Waals surface area contributed by atoms with Crippen LogP contribution in [0, 0.1) is 6.92 Å². The minimum absolute atomic E-state index is 0.126. The van der Waals surface area contributed by atoms with Gasteiger partial charge < -0.3 is 15.1 Å². The molecule has 33 heavy (non-hydrogen) atoms.